The molecule has 2 aromatic carbocycles. The number of nitrogens with zero attached hydrogens (tertiary/aromatic N) is 1. The van der Waals surface area contributed by atoms with Crippen LogP contribution in [0.25, 0.3) is 0 Å². The summed E-state index contributed by atoms with van der Waals surface area (Å²) in [6.07, 6.45) is 0.664. The molecule has 3 rings (SSSR count). The van der Waals surface area contributed by atoms with Gasteiger partial charge in [-0.15, -0.1) is 0 Å². The van der Waals surface area contributed by atoms with Gasteiger partial charge in [0, 0.05) is 30.4 Å². The number of anilines is 2. The van der Waals surface area contributed by atoms with Crippen molar-refractivity contribution in [1.82, 2.24) is 0 Å². The van der Waals surface area contributed by atoms with E-state index < -0.39 is 6.10 Å². The van der Waals surface area contributed by atoms with Crippen LogP contribution < -0.4 is 15.0 Å². The Bertz CT molecular complexity index is 776. The molecule has 0 radical (unpaired) electrons. The van der Waals surface area contributed by atoms with Crippen LogP contribution in [0.5, 0.6) is 5.75 Å². The van der Waals surface area contributed by atoms with Gasteiger partial charge in [0.15, 0.2) is 6.10 Å². The Kier molecular flexibility index (Phi) is 4.97. The van der Waals surface area contributed by atoms with Gasteiger partial charge in [0.1, 0.15) is 11.6 Å². The Balaban J connectivity index is 1.64. The van der Waals surface area contributed by atoms with E-state index in [1.54, 1.807) is 30.0 Å². The first-order chi connectivity index (χ1) is 12.0. The van der Waals surface area contributed by atoms with E-state index in [-0.39, 0.29) is 17.6 Å². The fourth-order valence-electron chi connectivity index (χ4n) is 2.68. The van der Waals surface area contributed by atoms with Gasteiger partial charge < -0.3 is 15.0 Å². The Morgan fingerprint density at radius 1 is 1.24 bits per heavy atom. The zero-order valence-electron chi connectivity index (χ0n) is 13.9. The molecule has 5 nitrogen and oxygen atoms in total. The predicted molar refractivity (Wildman–Crippen MR) is 93.1 cm³/mol. The number of carbonyl (C=O) groups excluding carboxylic acids is 2. The first-order valence-electron chi connectivity index (χ1n) is 8.16. The number of hydrogen-bond acceptors (Lipinski definition) is 3. The third-order valence-electron chi connectivity index (χ3n) is 4.00. The summed E-state index contributed by atoms with van der Waals surface area (Å²) >= 11 is 0. The number of carbonyl (C=O) groups is 2. The van der Waals surface area contributed by atoms with Gasteiger partial charge in [0.05, 0.1) is 0 Å². The second kappa shape index (κ2) is 7.34. The van der Waals surface area contributed by atoms with Crippen molar-refractivity contribution in [3.05, 3.63) is 54.3 Å². The summed E-state index contributed by atoms with van der Waals surface area (Å²) in [6, 6.07) is 12.7. The molecule has 0 saturated carbocycles. The highest BCUT2D eigenvalue weighted by molar-refractivity contribution is 5.96. The summed E-state index contributed by atoms with van der Waals surface area (Å²) in [5, 5.41) is 2.67. The molecular weight excluding hydrogens is 323 g/mol. The summed E-state index contributed by atoms with van der Waals surface area (Å²) < 4.78 is 18.6. The molecule has 2 amide bonds. The molecule has 2 aromatic rings. The smallest absolute Gasteiger partial charge is 0.265 e. The summed E-state index contributed by atoms with van der Waals surface area (Å²) in [4.78, 5) is 25.8. The van der Waals surface area contributed by atoms with Gasteiger partial charge in [-0.25, -0.2) is 4.39 Å². The maximum Gasteiger partial charge on any atom is 0.265 e. The van der Waals surface area contributed by atoms with E-state index in [2.05, 4.69) is 5.32 Å². The van der Waals surface area contributed by atoms with E-state index in [1.165, 1.54) is 24.3 Å². The number of hydrogen-bond donors (Lipinski definition) is 1. The number of nitrogens with one attached hydrogen (secondary N) is 1. The maximum absolute atomic E-state index is 12.9. The van der Waals surface area contributed by atoms with Crippen LogP contribution >= 0.6 is 0 Å². The number of halogens is 1. The van der Waals surface area contributed by atoms with Crippen LogP contribution in [-0.2, 0) is 9.59 Å². The largest absolute Gasteiger partial charge is 0.481 e. The number of benzene rings is 2. The Hall–Kier alpha value is -2.89. The van der Waals surface area contributed by atoms with E-state index in [0.29, 0.717) is 24.4 Å². The van der Waals surface area contributed by atoms with Crippen molar-refractivity contribution in [3.63, 3.8) is 0 Å². The molecule has 1 fully saturated rings. The molecule has 1 heterocycles. The van der Waals surface area contributed by atoms with Gasteiger partial charge in [0.2, 0.25) is 5.91 Å². The molecule has 0 aromatic heterocycles. The average molecular weight is 342 g/mol. The normalized spacial score (nSPS) is 15.1. The molecule has 6 heteroatoms. The van der Waals surface area contributed by atoms with Crippen LogP contribution in [0, 0.1) is 5.82 Å². The summed E-state index contributed by atoms with van der Waals surface area (Å²) in [6.45, 7) is 2.33. The van der Waals surface area contributed by atoms with Crippen LogP contribution in [0.1, 0.15) is 19.8 Å². The van der Waals surface area contributed by atoms with Gasteiger partial charge in [0.25, 0.3) is 5.91 Å². The number of rotatable bonds is 5. The molecule has 0 unspecified atom stereocenters. The van der Waals surface area contributed by atoms with E-state index in [0.717, 1.165) is 12.1 Å². The molecule has 1 saturated heterocycles. The molecule has 1 aliphatic rings. The van der Waals surface area contributed by atoms with Crippen molar-refractivity contribution < 1.29 is 18.7 Å². The minimum absolute atomic E-state index is 0.0965. The van der Waals surface area contributed by atoms with Gasteiger partial charge >= 0.3 is 0 Å². The SMILES string of the molecule is C[C@H](Oc1cccc(N2CCCC2=O)c1)C(=O)Nc1ccc(F)cc1. The fraction of sp³-hybridized carbons (Fsp3) is 0.263. The quantitative estimate of drug-likeness (QED) is 0.906. The zero-order valence-corrected chi connectivity index (χ0v) is 13.9. The predicted octanol–water partition coefficient (Wildman–Crippen LogP) is 3.36. The second-order valence-electron chi connectivity index (χ2n) is 5.90. The van der Waals surface area contributed by atoms with Gasteiger partial charge in [-0.1, -0.05) is 6.07 Å². The minimum Gasteiger partial charge on any atom is -0.481 e. The van der Waals surface area contributed by atoms with Crippen molar-refractivity contribution in [2.75, 3.05) is 16.8 Å². The lowest BCUT2D eigenvalue weighted by atomic mass is 10.2. The number of ether oxygens (including phenoxy) is 1. The third-order valence-corrected chi connectivity index (χ3v) is 4.00. The third kappa shape index (κ3) is 4.15. The van der Waals surface area contributed by atoms with Crippen molar-refractivity contribution in [1.29, 1.82) is 0 Å². The summed E-state index contributed by atoms with van der Waals surface area (Å²) in [5.41, 5.74) is 1.27. The molecule has 25 heavy (non-hydrogen) atoms. The highest BCUT2D eigenvalue weighted by Gasteiger charge is 2.22. The van der Waals surface area contributed by atoms with E-state index >= 15 is 0 Å². The van der Waals surface area contributed by atoms with Crippen LogP contribution in [0.3, 0.4) is 0 Å². The minimum atomic E-state index is -0.741. The standard InChI is InChI=1S/C19H19FN2O3/c1-13(19(24)21-15-9-7-14(20)8-10-15)25-17-5-2-4-16(12-17)22-11-3-6-18(22)23/h2,4-5,7-10,12-13H,3,6,11H2,1H3,(H,21,24)/t13-/m0/s1. The Labute approximate surface area is 145 Å². The Morgan fingerprint density at radius 3 is 2.68 bits per heavy atom. The van der Waals surface area contributed by atoms with E-state index in [1.807, 2.05) is 6.07 Å². The van der Waals surface area contributed by atoms with E-state index in [4.69, 9.17) is 4.74 Å². The maximum atomic E-state index is 12.9. The highest BCUT2D eigenvalue weighted by atomic mass is 19.1. The molecular formula is C19H19FN2O3. The molecule has 0 aliphatic carbocycles. The topological polar surface area (TPSA) is 58.6 Å². The van der Waals surface area contributed by atoms with Gasteiger partial charge in [-0.05, 0) is 49.7 Å². The van der Waals surface area contributed by atoms with Crippen molar-refractivity contribution in [2.45, 2.75) is 25.9 Å². The zero-order chi connectivity index (χ0) is 17.8. The fourth-order valence-corrected chi connectivity index (χ4v) is 2.68. The molecule has 130 valence electrons. The summed E-state index contributed by atoms with van der Waals surface area (Å²) in [7, 11) is 0. The van der Waals surface area contributed by atoms with Gasteiger partial charge in [-0.2, -0.15) is 0 Å². The van der Waals surface area contributed by atoms with Crippen LogP contribution in [0.15, 0.2) is 48.5 Å². The van der Waals surface area contributed by atoms with Gasteiger partial charge in [-0.3, -0.25) is 9.59 Å². The van der Waals surface area contributed by atoms with Crippen LogP contribution in [-0.4, -0.2) is 24.5 Å². The molecule has 0 bridgehead atoms. The molecule has 1 aliphatic heterocycles. The van der Waals surface area contributed by atoms with Crippen LogP contribution in [0.4, 0.5) is 15.8 Å². The van der Waals surface area contributed by atoms with Crippen LogP contribution in [0.2, 0.25) is 0 Å². The second-order valence-corrected chi connectivity index (χ2v) is 5.90. The average Bonchev–Trinajstić information content (AvgIpc) is 3.03. The van der Waals surface area contributed by atoms with Crippen molar-refractivity contribution in [2.24, 2.45) is 0 Å². The molecule has 0 spiro atoms. The first kappa shape index (κ1) is 17.0. The lowest BCUT2D eigenvalue weighted by molar-refractivity contribution is -0.122. The first-order valence-corrected chi connectivity index (χ1v) is 8.16. The summed E-state index contributed by atoms with van der Waals surface area (Å²) in [5.74, 6) is -0.0944. The molecule has 1 atom stereocenters. The van der Waals surface area contributed by atoms with Crippen molar-refractivity contribution in [3.8, 4) is 5.75 Å². The molecule has 1 N–H and O–H groups in total. The lowest BCUT2D eigenvalue weighted by Crippen LogP contribution is -2.30. The Morgan fingerprint density at radius 2 is 2.00 bits per heavy atom. The monoisotopic (exact) mass is 342 g/mol. The van der Waals surface area contributed by atoms with E-state index in [9.17, 15) is 14.0 Å². The highest BCUT2D eigenvalue weighted by Crippen LogP contribution is 2.26. The number of amides is 2. The van der Waals surface area contributed by atoms with Crippen molar-refractivity contribution >= 4 is 23.2 Å². The lowest BCUT2D eigenvalue weighted by Gasteiger charge is -2.18.